The minimum atomic E-state index is -3.66. The number of fused-ring (bicyclic) bond motifs is 1. The fraction of sp³-hybridized carbons (Fsp3) is 0.458. The number of carbonyl (C=O) groups excluding carboxylic acids is 1. The van der Waals surface area contributed by atoms with Gasteiger partial charge in [0.2, 0.25) is 0 Å². The zero-order valence-electron chi connectivity index (χ0n) is 19.0. The number of aryl methyl sites for hydroxylation is 1. The first kappa shape index (κ1) is 24.6. The minimum Gasteiger partial charge on any atom is -0.444 e. The minimum absolute atomic E-state index is 0.0719. The van der Waals surface area contributed by atoms with Crippen molar-refractivity contribution in [1.29, 1.82) is 0 Å². The van der Waals surface area contributed by atoms with Crippen LogP contribution in [0.3, 0.4) is 0 Å². The van der Waals surface area contributed by atoms with Crippen molar-refractivity contribution in [2.24, 2.45) is 0 Å². The Bertz CT molecular complexity index is 1060. The number of ether oxygens (including phenoxy) is 1. The van der Waals surface area contributed by atoms with Crippen molar-refractivity contribution in [3.63, 3.8) is 0 Å². The first-order chi connectivity index (χ1) is 15.0. The van der Waals surface area contributed by atoms with Gasteiger partial charge in [-0.05, 0) is 94.0 Å². The molecular weight excluding hydrogens is 492 g/mol. The van der Waals surface area contributed by atoms with E-state index in [2.05, 4.69) is 27.6 Å². The number of nitrogens with one attached hydrogen (secondary N) is 1. The second-order valence-corrected chi connectivity index (χ2v) is 11.7. The van der Waals surface area contributed by atoms with Crippen LogP contribution >= 0.6 is 15.9 Å². The molecule has 32 heavy (non-hydrogen) atoms. The van der Waals surface area contributed by atoms with E-state index >= 15 is 0 Å². The van der Waals surface area contributed by atoms with Gasteiger partial charge in [-0.1, -0.05) is 28.9 Å². The van der Waals surface area contributed by atoms with Crippen LogP contribution in [-0.4, -0.2) is 37.6 Å². The van der Waals surface area contributed by atoms with Crippen LogP contribution in [0.4, 0.5) is 10.5 Å². The Hall–Kier alpha value is -2.06. The first-order valence-corrected chi connectivity index (χ1v) is 13.2. The van der Waals surface area contributed by atoms with Crippen LogP contribution in [0.15, 0.2) is 51.8 Å². The molecule has 1 aliphatic rings. The Morgan fingerprint density at radius 2 is 1.84 bits per heavy atom. The second-order valence-electron chi connectivity index (χ2n) is 9.11. The molecule has 0 spiro atoms. The highest BCUT2D eigenvalue weighted by atomic mass is 79.9. The molecule has 0 radical (unpaired) electrons. The van der Waals surface area contributed by atoms with Crippen molar-refractivity contribution >= 4 is 37.7 Å². The maximum atomic E-state index is 12.8. The zero-order valence-corrected chi connectivity index (χ0v) is 21.4. The number of amides is 1. The van der Waals surface area contributed by atoms with Crippen LogP contribution in [-0.2, 0) is 27.6 Å². The summed E-state index contributed by atoms with van der Waals surface area (Å²) in [7, 11) is -3.66. The number of halogens is 1. The van der Waals surface area contributed by atoms with Crippen molar-refractivity contribution in [3.05, 3.63) is 58.1 Å². The van der Waals surface area contributed by atoms with E-state index in [1.807, 2.05) is 37.8 Å². The summed E-state index contributed by atoms with van der Waals surface area (Å²) in [6.45, 7) is 8.34. The predicted octanol–water partition coefficient (Wildman–Crippen LogP) is 5.75. The highest BCUT2D eigenvalue weighted by Crippen LogP contribution is 2.29. The second kappa shape index (κ2) is 9.83. The van der Waals surface area contributed by atoms with Crippen molar-refractivity contribution in [2.75, 3.05) is 11.3 Å². The first-order valence-electron chi connectivity index (χ1n) is 10.9. The molecule has 0 aliphatic heterocycles. The Morgan fingerprint density at radius 1 is 1.16 bits per heavy atom. The van der Waals surface area contributed by atoms with Gasteiger partial charge < -0.3 is 9.64 Å². The molecular formula is C24H31BrN2O4S. The molecule has 0 heterocycles. The average molecular weight is 523 g/mol. The van der Waals surface area contributed by atoms with Crippen LogP contribution in [0.1, 0.15) is 51.7 Å². The molecule has 174 valence electrons. The summed E-state index contributed by atoms with van der Waals surface area (Å²) < 4.78 is 34.5. The summed E-state index contributed by atoms with van der Waals surface area (Å²) in [5, 5.41) is 0. The van der Waals surface area contributed by atoms with E-state index in [1.54, 1.807) is 30.3 Å². The van der Waals surface area contributed by atoms with Gasteiger partial charge in [-0.15, -0.1) is 0 Å². The number of carbonyl (C=O) groups is 1. The van der Waals surface area contributed by atoms with E-state index in [0.29, 0.717) is 12.2 Å². The van der Waals surface area contributed by atoms with E-state index in [1.165, 1.54) is 0 Å². The normalized spacial score (nSPS) is 16.2. The third-order valence-corrected chi connectivity index (χ3v) is 7.24. The van der Waals surface area contributed by atoms with E-state index in [4.69, 9.17) is 4.74 Å². The van der Waals surface area contributed by atoms with Crippen LogP contribution < -0.4 is 4.72 Å². The van der Waals surface area contributed by atoms with Gasteiger partial charge in [-0.2, -0.15) is 0 Å². The standard InChI is InChI=1S/C24H31BrN2O4S/c1-5-14-27(23(28)31-24(2,3)4)21-11-7-17-15-20(10-6-18(17)16-21)26-32(29,30)22-12-8-19(25)9-13-22/h6,8-10,12-13,15,21,26H,5,7,11,14,16H2,1-4H3. The molecule has 0 fully saturated rings. The summed E-state index contributed by atoms with van der Waals surface area (Å²) in [5.41, 5.74) is 2.26. The van der Waals surface area contributed by atoms with Gasteiger partial charge in [-0.25, -0.2) is 13.2 Å². The summed E-state index contributed by atoms with van der Waals surface area (Å²) in [6, 6.07) is 12.3. The predicted molar refractivity (Wildman–Crippen MR) is 130 cm³/mol. The molecule has 1 N–H and O–H groups in total. The van der Waals surface area contributed by atoms with Crippen LogP contribution in [0.5, 0.6) is 0 Å². The molecule has 0 saturated carbocycles. The fourth-order valence-corrected chi connectivity index (χ4v) is 5.19. The highest BCUT2D eigenvalue weighted by molar-refractivity contribution is 9.10. The van der Waals surface area contributed by atoms with Gasteiger partial charge in [0.25, 0.3) is 10.0 Å². The Balaban J connectivity index is 1.74. The number of benzene rings is 2. The third-order valence-electron chi connectivity index (χ3n) is 5.32. The monoisotopic (exact) mass is 522 g/mol. The number of sulfonamides is 1. The lowest BCUT2D eigenvalue weighted by atomic mass is 9.87. The number of rotatable bonds is 6. The van der Waals surface area contributed by atoms with Gasteiger partial charge in [-0.3, -0.25) is 4.72 Å². The zero-order chi connectivity index (χ0) is 23.5. The van der Waals surface area contributed by atoms with Gasteiger partial charge in [0.15, 0.2) is 0 Å². The van der Waals surface area contributed by atoms with Crippen molar-refractivity contribution in [1.82, 2.24) is 4.90 Å². The average Bonchev–Trinajstić information content (AvgIpc) is 2.70. The highest BCUT2D eigenvalue weighted by Gasteiger charge is 2.30. The SMILES string of the molecule is CCCN(C(=O)OC(C)(C)C)C1CCc2cc(NS(=O)(=O)c3ccc(Br)cc3)ccc2C1. The number of hydrogen-bond donors (Lipinski definition) is 1. The summed E-state index contributed by atoms with van der Waals surface area (Å²) >= 11 is 3.32. The molecule has 3 rings (SSSR count). The molecule has 0 aromatic heterocycles. The van der Waals surface area contributed by atoms with Crippen LogP contribution in [0, 0.1) is 0 Å². The lowest BCUT2D eigenvalue weighted by Gasteiger charge is -2.36. The van der Waals surface area contributed by atoms with Crippen molar-refractivity contribution < 1.29 is 17.9 Å². The summed E-state index contributed by atoms with van der Waals surface area (Å²) in [5.74, 6) is 0. The van der Waals surface area contributed by atoms with E-state index in [-0.39, 0.29) is 17.0 Å². The molecule has 2 aromatic rings. The number of hydrogen-bond acceptors (Lipinski definition) is 4. The Labute approximate surface area is 199 Å². The van der Waals surface area contributed by atoms with E-state index in [9.17, 15) is 13.2 Å². The molecule has 1 unspecified atom stereocenters. The van der Waals surface area contributed by atoms with E-state index < -0.39 is 15.6 Å². The smallest absolute Gasteiger partial charge is 0.410 e. The quantitative estimate of drug-likeness (QED) is 0.523. The maximum absolute atomic E-state index is 12.8. The van der Waals surface area contributed by atoms with Crippen LogP contribution in [0.2, 0.25) is 0 Å². The van der Waals surface area contributed by atoms with Crippen molar-refractivity contribution in [3.8, 4) is 0 Å². The Morgan fingerprint density at radius 3 is 2.47 bits per heavy atom. The number of nitrogens with zero attached hydrogens (tertiary/aromatic N) is 1. The van der Waals surface area contributed by atoms with Gasteiger partial charge in [0.05, 0.1) is 4.90 Å². The van der Waals surface area contributed by atoms with E-state index in [0.717, 1.165) is 41.3 Å². The molecule has 0 saturated heterocycles. The van der Waals surface area contributed by atoms with Gasteiger partial charge >= 0.3 is 6.09 Å². The summed E-state index contributed by atoms with van der Waals surface area (Å²) in [6.07, 6.45) is 2.91. The topological polar surface area (TPSA) is 75.7 Å². The third kappa shape index (κ3) is 6.25. The van der Waals surface area contributed by atoms with Gasteiger partial charge in [0.1, 0.15) is 5.60 Å². The lowest BCUT2D eigenvalue weighted by Crippen LogP contribution is -2.46. The largest absolute Gasteiger partial charge is 0.444 e. The molecule has 1 aliphatic carbocycles. The molecule has 2 aromatic carbocycles. The molecule has 1 atom stereocenters. The molecule has 0 bridgehead atoms. The maximum Gasteiger partial charge on any atom is 0.410 e. The lowest BCUT2D eigenvalue weighted by molar-refractivity contribution is 0.0146. The number of anilines is 1. The molecule has 8 heteroatoms. The molecule has 6 nitrogen and oxygen atoms in total. The summed E-state index contributed by atoms with van der Waals surface area (Å²) in [4.78, 5) is 14.8. The molecule has 1 amide bonds. The van der Waals surface area contributed by atoms with Gasteiger partial charge in [0, 0.05) is 22.7 Å². The Kier molecular flexibility index (Phi) is 7.55. The fourth-order valence-electron chi connectivity index (χ4n) is 3.88. The van der Waals surface area contributed by atoms with Crippen molar-refractivity contribution in [2.45, 2.75) is 69.9 Å². The van der Waals surface area contributed by atoms with Crippen LogP contribution in [0.25, 0.3) is 0 Å².